The molecule has 0 aliphatic rings. The fourth-order valence-corrected chi connectivity index (χ4v) is 2.22. The van der Waals surface area contributed by atoms with Crippen molar-refractivity contribution >= 4 is 28.2 Å². The molecule has 0 radical (unpaired) electrons. The number of aromatic nitrogens is 1. The van der Waals surface area contributed by atoms with Crippen LogP contribution in [0.4, 0.5) is 5.13 Å². The highest BCUT2D eigenvalue weighted by atomic mass is 32.1. The quantitative estimate of drug-likeness (QED) is 0.555. The number of Topliss-reactive ketones (excluding diaryl/α,β-unsaturated/α-hetero) is 1. The fourth-order valence-electron chi connectivity index (χ4n) is 1.35. The SMILES string of the molecule is COCCCCNc1nc(C(=O)O)c(C(C)=O)s1. The number of ketones is 1. The lowest BCUT2D eigenvalue weighted by molar-refractivity contribution is 0.0687. The summed E-state index contributed by atoms with van der Waals surface area (Å²) in [5.74, 6) is -1.46. The largest absolute Gasteiger partial charge is 0.476 e. The number of thiazole rings is 1. The van der Waals surface area contributed by atoms with Gasteiger partial charge in [0.05, 0.1) is 0 Å². The molecule has 18 heavy (non-hydrogen) atoms. The van der Waals surface area contributed by atoms with E-state index in [0.717, 1.165) is 24.2 Å². The molecule has 0 aliphatic heterocycles. The second-order valence-corrected chi connectivity index (χ2v) is 4.68. The van der Waals surface area contributed by atoms with Gasteiger partial charge in [-0.1, -0.05) is 11.3 Å². The molecule has 1 aromatic heterocycles. The summed E-state index contributed by atoms with van der Waals surface area (Å²) in [6, 6.07) is 0. The third-order valence-electron chi connectivity index (χ3n) is 2.20. The van der Waals surface area contributed by atoms with Crippen molar-refractivity contribution in [2.75, 3.05) is 25.6 Å². The van der Waals surface area contributed by atoms with Crippen LogP contribution in [0.5, 0.6) is 0 Å². The Morgan fingerprint density at radius 1 is 1.44 bits per heavy atom. The van der Waals surface area contributed by atoms with Gasteiger partial charge in [-0.25, -0.2) is 9.78 Å². The Labute approximate surface area is 109 Å². The van der Waals surface area contributed by atoms with Gasteiger partial charge in [0.15, 0.2) is 16.6 Å². The zero-order valence-corrected chi connectivity index (χ0v) is 11.2. The lowest BCUT2D eigenvalue weighted by atomic mass is 10.3. The summed E-state index contributed by atoms with van der Waals surface area (Å²) in [5.41, 5.74) is -0.174. The van der Waals surface area contributed by atoms with Crippen molar-refractivity contribution in [2.45, 2.75) is 19.8 Å². The Morgan fingerprint density at radius 2 is 2.17 bits per heavy atom. The molecule has 0 fully saturated rings. The van der Waals surface area contributed by atoms with E-state index in [1.165, 1.54) is 6.92 Å². The molecule has 0 bridgehead atoms. The van der Waals surface area contributed by atoms with E-state index in [-0.39, 0.29) is 16.4 Å². The molecule has 0 aliphatic carbocycles. The van der Waals surface area contributed by atoms with Gasteiger partial charge in [0.2, 0.25) is 0 Å². The summed E-state index contributed by atoms with van der Waals surface area (Å²) >= 11 is 1.08. The number of methoxy groups -OCH3 is 1. The van der Waals surface area contributed by atoms with Crippen LogP contribution in [-0.4, -0.2) is 42.1 Å². The minimum absolute atomic E-state index is 0.174. The van der Waals surface area contributed by atoms with Crippen LogP contribution in [0.2, 0.25) is 0 Å². The van der Waals surface area contributed by atoms with Gasteiger partial charge in [-0.2, -0.15) is 0 Å². The number of rotatable bonds is 8. The Kier molecular flexibility index (Phi) is 5.73. The van der Waals surface area contributed by atoms with Crippen LogP contribution in [0.3, 0.4) is 0 Å². The zero-order valence-electron chi connectivity index (χ0n) is 10.4. The average molecular weight is 272 g/mol. The van der Waals surface area contributed by atoms with Crippen LogP contribution >= 0.6 is 11.3 Å². The first-order valence-corrected chi connectivity index (χ1v) is 6.35. The molecular weight excluding hydrogens is 256 g/mol. The van der Waals surface area contributed by atoms with E-state index in [9.17, 15) is 9.59 Å². The van der Waals surface area contributed by atoms with E-state index in [1.807, 2.05) is 0 Å². The lowest BCUT2D eigenvalue weighted by Crippen LogP contribution is -2.05. The zero-order chi connectivity index (χ0) is 13.5. The Hall–Kier alpha value is -1.47. The van der Waals surface area contributed by atoms with Crippen molar-refractivity contribution in [3.8, 4) is 0 Å². The molecule has 1 heterocycles. The van der Waals surface area contributed by atoms with Crippen molar-refractivity contribution in [3.63, 3.8) is 0 Å². The monoisotopic (exact) mass is 272 g/mol. The highest BCUT2D eigenvalue weighted by Gasteiger charge is 2.20. The number of anilines is 1. The number of nitrogens with one attached hydrogen (secondary N) is 1. The standard InChI is InChI=1S/C11H16N2O4S/c1-7(14)9-8(10(15)16)13-11(18-9)12-5-3-4-6-17-2/h3-6H2,1-2H3,(H,12,13)(H,15,16). The minimum atomic E-state index is -1.18. The van der Waals surface area contributed by atoms with Gasteiger partial charge in [-0.15, -0.1) is 0 Å². The molecule has 2 N–H and O–H groups in total. The van der Waals surface area contributed by atoms with Gasteiger partial charge < -0.3 is 15.2 Å². The molecule has 0 spiro atoms. The van der Waals surface area contributed by atoms with E-state index >= 15 is 0 Å². The second-order valence-electron chi connectivity index (χ2n) is 3.68. The highest BCUT2D eigenvalue weighted by Crippen LogP contribution is 2.23. The molecule has 1 aromatic rings. The van der Waals surface area contributed by atoms with Crippen LogP contribution in [0.15, 0.2) is 0 Å². The van der Waals surface area contributed by atoms with Crippen LogP contribution in [-0.2, 0) is 4.74 Å². The number of hydrogen-bond acceptors (Lipinski definition) is 6. The minimum Gasteiger partial charge on any atom is -0.476 e. The van der Waals surface area contributed by atoms with Gasteiger partial charge in [0, 0.05) is 27.2 Å². The van der Waals surface area contributed by atoms with Crippen molar-refractivity contribution in [3.05, 3.63) is 10.6 Å². The molecular formula is C11H16N2O4S. The summed E-state index contributed by atoms with van der Waals surface area (Å²) in [4.78, 5) is 26.3. The maximum absolute atomic E-state index is 11.3. The summed E-state index contributed by atoms with van der Waals surface area (Å²) in [7, 11) is 1.65. The average Bonchev–Trinajstić information content (AvgIpc) is 2.73. The first-order chi connectivity index (χ1) is 8.56. The molecule has 0 atom stereocenters. The maximum Gasteiger partial charge on any atom is 0.356 e. The van der Waals surface area contributed by atoms with E-state index in [2.05, 4.69) is 10.3 Å². The molecule has 100 valence electrons. The molecule has 7 heteroatoms. The predicted molar refractivity (Wildman–Crippen MR) is 68.7 cm³/mol. The van der Waals surface area contributed by atoms with Crippen molar-refractivity contribution in [1.82, 2.24) is 4.98 Å². The third-order valence-corrected chi connectivity index (χ3v) is 3.31. The third kappa shape index (κ3) is 4.08. The molecule has 6 nitrogen and oxygen atoms in total. The number of carboxylic acid groups (broad SMARTS) is 1. The summed E-state index contributed by atoms with van der Waals surface area (Å²) in [5, 5.41) is 12.4. The molecule has 0 aromatic carbocycles. The lowest BCUT2D eigenvalue weighted by Gasteiger charge is -2.01. The van der Waals surface area contributed by atoms with Crippen LogP contribution in [0.1, 0.15) is 39.9 Å². The number of aromatic carboxylic acids is 1. The number of nitrogens with zero attached hydrogens (tertiary/aromatic N) is 1. The van der Waals surface area contributed by atoms with Crippen LogP contribution in [0.25, 0.3) is 0 Å². The van der Waals surface area contributed by atoms with E-state index in [4.69, 9.17) is 9.84 Å². The maximum atomic E-state index is 11.3. The van der Waals surface area contributed by atoms with Crippen LogP contribution < -0.4 is 5.32 Å². The van der Waals surface area contributed by atoms with Gasteiger partial charge in [0.1, 0.15) is 4.88 Å². The van der Waals surface area contributed by atoms with Crippen molar-refractivity contribution in [1.29, 1.82) is 0 Å². The number of ether oxygens (including phenoxy) is 1. The number of carboxylic acids is 1. The van der Waals surface area contributed by atoms with E-state index in [0.29, 0.717) is 18.3 Å². The molecule has 0 unspecified atom stereocenters. The first-order valence-electron chi connectivity index (χ1n) is 5.54. The number of carbonyl (C=O) groups is 2. The van der Waals surface area contributed by atoms with Gasteiger partial charge in [0.25, 0.3) is 0 Å². The van der Waals surface area contributed by atoms with Crippen molar-refractivity contribution < 1.29 is 19.4 Å². The Bertz CT molecular complexity index is 399. The molecule has 1 rings (SSSR count). The highest BCUT2D eigenvalue weighted by molar-refractivity contribution is 7.17. The van der Waals surface area contributed by atoms with Crippen molar-refractivity contribution in [2.24, 2.45) is 0 Å². The Morgan fingerprint density at radius 3 is 2.67 bits per heavy atom. The topological polar surface area (TPSA) is 88.5 Å². The predicted octanol–water partition coefficient (Wildman–Crippen LogP) is 1.88. The van der Waals surface area contributed by atoms with E-state index < -0.39 is 5.97 Å². The smallest absolute Gasteiger partial charge is 0.356 e. The Balaban J connectivity index is 2.59. The molecule has 0 saturated heterocycles. The van der Waals surface area contributed by atoms with Crippen LogP contribution in [0, 0.1) is 0 Å². The fraction of sp³-hybridized carbons (Fsp3) is 0.545. The molecule has 0 amide bonds. The number of hydrogen-bond donors (Lipinski definition) is 2. The summed E-state index contributed by atoms with van der Waals surface area (Å²) < 4.78 is 4.92. The normalized spacial score (nSPS) is 10.3. The van der Waals surface area contributed by atoms with E-state index in [1.54, 1.807) is 7.11 Å². The second kappa shape index (κ2) is 7.07. The summed E-state index contributed by atoms with van der Waals surface area (Å²) in [6.45, 7) is 2.70. The number of carbonyl (C=O) groups excluding carboxylic acids is 1. The van der Waals surface area contributed by atoms with Gasteiger partial charge in [-0.3, -0.25) is 4.79 Å². The van der Waals surface area contributed by atoms with Gasteiger partial charge in [-0.05, 0) is 12.8 Å². The first kappa shape index (κ1) is 14.6. The molecule has 0 saturated carbocycles. The number of unbranched alkanes of at least 4 members (excludes halogenated alkanes) is 1. The van der Waals surface area contributed by atoms with Gasteiger partial charge >= 0.3 is 5.97 Å². The summed E-state index contributed by atoms with van der Waals surface area (Å²) in [6.07, 6.45) is 1.81.